The van der Waals surface area contributed by atoms with Crippen molar-refractivity contribution in [1.29, 1.82) is 0 Å². The van der Waals surface area contributed by atoms with Crippen molar-refractivity contribution in [3.05, 3.63) is 47.0 Å². The van der Waals surface area contributed by atoms with E-state index < -0.39 is 99.1 Å². The van der Waals surface area contributed by atoms with E-state index in [1.165, 1.54) is 46.5 Å². The van der Waals surface area contributed by atoms with Crippen LogP contribution in [-0.2, 0) is 47.7 Å². The number of hydrogen-bond donors (Lipinski definition) is 3. The summed E-state index contributed by atoms with van der Waals surface area (Å²) in [5.74, 6) is -5.98. The third kappa shape index (κ3) is 4.82. The largest absolute Gasteiger partial charge is 0.472 e. The van der Waals surface area contributed by atoms with E-state index in [2.05, 4.69) is 0 Å². The first-order chi connectivity index (χ1) is 24.1. The third-order valence-electron chi connectivity index (χ3n) is 13.1. The van der Waals surface area contributed by atoms with Crippen LogP contribution in [-0.4, -0.2) is 87.4 Å². The van der Waals surface area contributed by atoms with Gasteiger partial charge in [-0.2, -0.15) is 0 Å². The van der Waals surface area contributed by atoms with Crippen molar-refractivity contribution < 1.29 is 67.4 Å². The Bertz CT molecular complexity index is 1770. The molecule has 1 aliphatic heterocycles. The fourth-order valence-corrected chi connectivity index (χ4v) is 10.7. The van der Waals surface area contributed by atoms with Crippen molar-refractivity contribution >= 4 is 29.8 Å². The van der Waals surface area contributed by atoms with Gasteiger partial charge in [0.25, 0.3) is 0 Å². The van der Waals surface area contributed by atoms with Crippen molar-refractivity contribution in [3.63, 3.8) is 0 Å². The second kappa shape index (κ2) is 12.0. The fourth-order valence-electron chi connectivity index (χ4n) is 10.7. The molecule has 4 fully saturated rings. The summed E-state index contributed by atoms with van der Waals surface area (Å²) >= 11 is 0. The van der Waals surface area contributed by atoms with Crippen LogP contribution in [0.2, 0.25) is 0 Å². The van der Waals surface area contributed by atoms with E-state index in [1.54, 1.807) is 33.8 Å². The lowest BCUT2D eigenvalue weighted by molar-refractivity contribution is -0.316. The van der Waals surface area contributed by atoms with Gasteiger partial charge in [0, 0.05) is 40.7 Å². The average molecular weight is 729 g/mol. The monoisotopic (exact) mass is 728 g/mol. The number of rotatable bonds is 8. The summed E-state index contributed by atoms with van der Waals surface area (Å²) in [5, 5.41) is 37.1. The molecule has 11 atom stereocenters. The zero-order valence-electron chi connectivity index (χ0n) is 30.9. The van der Waals surface area contributed by atoms with Crippen LogP contribution < -0.4 is 0 Å². The number of fused-ring (bicyclic) bond motifs is 4. The van der Waals surface area contributed by atoms with Crippen molar-refractivity contribution in [2.75, 3.05) is 7.11 Å². The molecule has 0 radical (unpaired) electrons. The summed E-state index contributed by atoms with van der Waals surface area (Å²) in [4.78, 5) is 67.3. The van der Waals surface area contributed by atoms with E-state index in [0.717, 1.165) is 6.92 Å². The molecule has 3 saturated carbocycles. The first-order valence-corrected chi connectivity index (χ1v) is 17.5. The number of ether oxygens (including phenoxy) is 5. The summed E-state index contributed by atoms with van der Waals surface area (Å²) in [6.07, 6.45) is -1.58. The molecule has 2 heterocycles. The van der Waals surface area contributed by atoms with Gasteiger partial charge in [0.1, 0.15) is 17.8 Å². The molecule has 3 N–H and O–H groups in total. The second-order valence-electron chi connectivity index (χ2n) is 16.3. The van der Waals surface area contributed by atoms with Crippen LogP contribution in [0.15, 0.2) is 45.8 Å². The van der Waals surface area contributed by atoms with Crippen LogP contribution >= 0.6 is 0 Å². The Morgan fingerprint density at radius 3 is 2.31 bits per heavy atom. The van der Waals surface area contributed by atoms with Crippen LogP contribution in [0.5, 0.6) is 0 Å². The quantitative estimate of drug-likeness (QED) is 0.152. The third-order valence-corrected chi connectivity index (χ3v) is 13.1. The molecular formula is C38H48O14. The van der Waals surface area contributed by atoms with Gasteiger partial charge in [-0.1, -0.05) is 26.8 Å². The molecule has 1 aromatic rings. The minimum atomic E-state index is -2.55. The highest BCUT2D eigenvalue weighted by atomic mass is 16.6. The lowest BCUT2D eigenvalue weighted by Gasteiger charge is -2.68. The topological polar surface area (TPSA) is 205 Å². The maximum atomic E-state index is 14.1. The zero-order valence-corrected chi connectivity index (χ0v) is 30.9. The highest BCUT2D eigenvalue weighted by Gasteiger charge is 2.90. The maximum Gasteiger partial charge on any atom is 0.352 e. The number of furan rings is 1. The second-order valence-corrected chi connectivity index (χ2v) is 16.3. The Balaban J connectivity index is 1.71. The van der Waals surface area contributed by atoms with Crippen LogP contribution in [0.25, 0.3) is 0 Å². The highest BCUT2D eigenvalue weighted by molar-refractivity contribution is 5.88. The predicted octanol–water partition coefficient (Wildman–Crippen LogP) is 3.17. The molecule has 5 aliphatic rings. The molecule has 2 bridgehead atoms. The van der Waals surface area contributed by atoms with E-state index in [9.17, 15) is 39.3 Å². The number of aliphatic hydroxyl groups is 3. The first-order valence-electron chi connectivity index (χ1n) is 17.5. The fraction of sp³-hybridized carbons (Fsp3) is 0.658. The molecule has 0 spiro atoms. The summed E-state index contributed by atoms with van der Waals surface area (Å²) < 4.78 is 34.4. The molecule has 0 amide bonds. The predicted molar refractivity (Wildman–Crippen MR) is 177 cm³/mol. The summed E-state index contributed by atoms with van der Waals surface area (Å²) in [7, 11) is 1.24. The number of methoxy groups -OCH3 is 1. The molecule has 284 valence electrons. The van der Waals surface area contributed by atoms with Crippen molar-refractivity contribution in [2.24, 2.45) is 28.1 Å². The summed E-state index contributed by atoms with van der Waals surface area (Å²) in [6, 6.07) is 1.62. The number of cyclic esters (lactones) is 1. The standard InChI is InChI=1S/C38H48O14/c1-10-18(2)29(41)52-31-35(7)17-37(45)36(8,22(35)15-23(40)47-9)21-11-13-34(6)25(24(21)28(38(31,37)46)49-19(3)39)26(50-32(43)33(4,5)44)30(42)51-27(34)20-12-14-48-16-20/h10,12,14,16,21-22,26-28,31,44-46H,11,13,15,17H2,1-9H3. The normalized spacial score (nSPS) is 40.7. The Hall–Kier alpha value is -4.01. The van der Waals surface area contributed by atoms with Gasteiger partial charge in [0.2, 0.25) is 6.10 Å². The molecule has 1 aromatic heterocycles. The number of esters is 5. The molecule has 11 unspecified atom stereocenters. The molecule has 14 nitrogen and oxygen atoms in total. The SMILES string of the molecule is CC=C(C)C(=O)OC1C2(C)CC3(O)C(C)(C4CCC5(C)C(=C4C(OC(C)=O)C13O)C(OC(=O)C(C)(C)O)C(=O)OC5c1ccoc1)C2CC(=O)OC. The Labute approximate surface area is 301 Å². The van der Waals surface area contributed by atoms with Gasteiger partial charge in [0.15, 0.2) is 17.3 Å². The van der Waals surface area contributed by atoms with Gasteiger partial charge in [-0.25, -0.2) is 14.4 Å². The van der Waals surface area contributed by atoms with E-state index in [4.69, 9.17) is 28.1 Å². The smallest absolute Gasteiger partial charge is 0.352 e. The van der Waals surface area contributed by atoms with Crippen molar-refractivity contribution in [2.45, 2.75) is 122 Å². The number of allylic oxidation sites excluding steroid dienone is 1. The van der Waals surface area contributed by atoms with Gasteiger partial charge < -0.3 is 43.4 Å². The number of hydrogen-bond acceptors (Lipinski definition) is 14. The minimum absolute atomic E-state index is 0.146. The lowest BCUT2D eigenvalue weighted by Crippen LogP contribution is -2.80. The Kier molecular flexibility index (Phi) is 8.71. The van der Waals surface area contributed by atoms with E-state index in [0.29, 0.717) is 5.56 Å². The number of carbonyl (C=O) groups is 5. The molecule has 4 aliphatic carbocycles. The van der Waals surface area contributed by atoms with Gasteiger partial charge in [-0.05, 0) is 76.0 Å². The Morgan fingerprint density at radius 1 is 1.08 bits per heavy atom. The zero-order chi connectivity index (χ0) is 38.6. The molecule has 52 heavy (non-hydrogen) atoms. The van der Waals surface area contributed by atoms with Gasteiger partial charge in [0.05, 0.1) is 19.6 Å². The van der Waals surface area contributed by atoms with Gasteiger partial charge in [-0.3, -0.25) is 9.59 Å². The molecule has 6 rings (SSSR count). The average Bonchev–Trinajstić information content (AvgIpc) is 3.71. The summed E-state index contributed by atoms with van der Waals surface area (Å²) in [5.41, 5.74) is -9.57. The summed E-state index contributed by atoms with van der Waals surface area (Å²) in [6.45, 7) is 11.9. The van der Waals surface area contributed by atoms with Crippen LogP contribution in [0.1, 0.15) is 92.7 Å². The molecular weight excluding hydrogens is 680 g/mol. The molecule has 14 heteroatoms. The van der Waals surface area contributed by atoms with Gasteiger partial charge in [-0.15, -0.1) is 0 Å². The van der Waals surface area contributed by atoms with E-state index >= 15 is 0 Å². The van der Waals surface area contributed by atoms with Crippen LogP contribution in [0.4, 0.5) is 0 Å². The highest BCUT2D eigenvalue weighted by Crippen LogP contribution is 2.81. The van der Waals surface area contributed by atoms with Gasteiger partial charge >= 0.3 is 29.8 Å². The van der Waals surface area contributed by atoms with Crippen molar-refractivity contribution in [1.82, 2.24) is 0 Å². The molecule has 1 saturated heterocycles. The van der Waals surface area contributed by atoms with E-state index in [1.807, 2.05) is 0 Å². The lowest BCUT2D eigenvalue weighted by atomic mass is 9.40. The maximum absolute atomic E-state index is 14.1. The van der Waals surface area contributed by atoms with Crippen LogP contribution in [0, 0.1) is 28.1 Å². The van der Waals surface area contributed by atoms with E-state index in [-0.39, 0.29) is 42.4 Å². The van der Waals surface area contributed by atoms with Crippen LogP contribution in [0.3, 0.4) is 0 Å². The number of carbonyl (C=O) groups excluding carboxylic acids is 5. The first kappa shape index (κ1) is 37.7. The molecule has 0 aromatic carbocycles. The van der Waals surface area contributed by atoms with Crippen molar-refractivity contribution in [3.8, 4) is 0 Å². The Morgan fingerprint density at radius 2 is 1.75 bits per heavy atom. The minimum Gasteiger partial charge on any atom is -0.472 e.